The third-order valence-electron chi connectivity index (χ3n) is 5.33. The van der Waals surface area contributed by atoms with Gasteiger partial charge in [-0.05, 0) is 34.0 Å². The van der Waals surface area contributed by atoms with Crippen LogP contribution in [0.5, 0.6) is 0 Å². The van der Waals surface area contributed by atoms with E-state index < -0.39 is 5.97 Å². The average molecular weight is 460 g/mol. The van der Waals surface area contributed by atoms with Crippen molar-refractivity contribution in [2.45, 2.75) is 17.5 Å². The second kappa shape index (κ2) is 8.65. The summed E-state index contributed by atoms with van der Waals surface area (Å²) in [5.74, 6) is -0.450. The van der Waals surface area contributed by atoms with Crippen LogP contribution in [0.2, 0.25) is 5.02 Å². The van der Waals surface area contributed by atoms with E-state index in [1.807, 2.05) is 24.3 Å². The van der Waals surface area contributed by atoms with Gasteiger partial charge in [0.1, 0.15) is 5.52 Å². The zero-order valence-electron chi connectivity index (χ0n) is 16.9. The summed E-state index contributed by atoms with van der Waals surface area (Å²) in [7, 11) is 0. The molecule has 0 spiro atoms. The van der Waals surface area contributed by atoms with Crippen molar-refractivity contribution in [2.24, 2.45) is 0 Å². The highest BCUT2D eigenvalue weighted by Gasteiger charge is 2.16. The van der Waals surface area contributed by atoms with Crippen molar-refractivity contribution in [1.29, 1.82) is 0 Å². The molecular formula is C25H18ClN3O2S. The summed E-state index contributed by atoms with van der Waals surface area (Å²) in [6.07, 6.45) is 1.62. The van der Waals surface area contributed by atoms with Gasteiger partial charge in [0.15, 0.2) is 10.8 Å². The number of thioether (sulfide) groups is 1. The number of carbonyl (C=O) groups is 1. The highest BCUT2D eigenvalue weighted by Crippen LogP contribution is 2.30. The molecule has 2 heterocycles. The van der Waals surface area contributed by atoms with E-state index in [0.717, 1.165) is 21.9 Å². The Morgan fingerprint density at radius 3 is 2.62 bits per heavy atom. The molecule has 5 aromatic rings. The molecule has 158 valence electrons. The molecule has 3 aromatic carbocycles. The molecule has 0 aliphatic heterocycles. The van der Waals surface area contributed by atoms with Crippen LogP contribution in [0.3, 0.4) is 0 Å². The van der Waals surface area contributed by atoms with Crippen molar-refractivity contribution >= 4 is 51.3 Å². The van der Waals surface area contributed by atoms with Crippen LogP contribution in [0.25, 0.3) is 21.9 Å². The lowest BCUT2D eigenvalue weighted by molar-refractivity contribution is 0.0696. The van der Waals surface area contributed by atoms with E-state index in [1.165, 1.54) is 22.5 Å². The van der Waals surface area contributed by atoms with Gasteiger partial charge in [0, 0.05) is 11.9 Å². The van der Waals surface area contributed by atoms with Gasteiger partial charge in [0.2, 0.25) is 0 Å². The molecule has 0 radical (unpaired) electrons. The molecule has 2 aromatic heterocycles. The van der Waals surface area contributed by atoms with Crippen LogP contribution in [-0.2, 0) is 12.3 Å². The molecule has 0 saturated heterocycles. The van der Waals surface area contributed by atoms with E-state index in [1.54, 1.807) is 24.4 Å². The van der Waals surface area contributed by atoms with Gasteiger partial charge in [-0.3, -0.25) is 4.57 Å². The van der Waals surface area contributed by atoms with Crippen molar-refractivity contribution in [3.05, 3.63) is 101 Å². The summed E-state index contributed by atoms with van der Waals surface area (Å²) in [6.45, 7) is 0.593. The fourth-order valence-corrected chi connectivity index (χ4v) is 4.97. The minimum absolute atomic E-state index is 0.304. The predicted molar refractivity (Wildman–Crippen MR) is 129 cm³/mol. The van der Waals surface area contributed by atoms with Gasteiger partial charge in [-0.2, -0.15) is 0 Å². The summed E-state index contributed by atoms with van der Waals surface area (Å²) in [4.78, 5) is 20.9. The number of carboxylic acids is 1. The van der Waals surface area contributed by atoms with Crippen LogP contribution in [0.4, 0.5) is 0 Å². The largest absolute Gasteiger partial charge is 0.478 e. The number of carboxylic acid groups (broad SMARTS) is 1. The molecule has 0 saturated carbocycles. The first kappa shape index (κ1) is 20.5. The maximum absolute atomic E-state index is 11.6. The van der Waals surface area contributed by atoms with E-state index >= 15 is 0 Å². The molecular weight excluding hydrogens is 442 g/mol. The molecule has 0 atom stereocenters. The number of pyridine rings is 1. The van der Waals surface area contributed by atoms with Gasteiger partial charge in [-0.15, -0.1) is 0 Å². The second-order valence-corrected chi connectivity index (χ2v) is 8.74. The van der Waals surface area contributed by atoms with Gasteiger partial charge in [-0.1, -0.05) is 84.0 Å². The van der Waals surface area contributed by atoms with Gasteiger partial charge >= 0.3 is 5.97 Å². The van der Waals surface area contributed by atoms with E-state index in [2.05, 4.69) is 39.9 Å². The smallest absolute Gasteiger partial charge is 0.335 e. The molecule has 0 bridgehead atoms. The average Bonchev–Trinajstić information content (AvgIpc) is 3.14. The fraction of sp³-hybridized carbons (Fsp3) is 0.0800. The first-order valence-electron chi connectivity index (χ1n) is 10.0. The van der Waals surface area contributed by atoms with Gasteiger partial charge in [0.05, 0.1) is 17.1 Å². The van der Waals surface area contributed by atoms with Gasteiger partial charge in [0.25, 0.3) is 0 Å². The van der Waals surface area contributed by atoms with Gasteiger partial charge in [-0.25, -0.2) is 14.8 Å². The number of hydrogen-bond acceptors (Lipinski definition) is 4. The van der Waals surface area contributed by atoms with Crippen molar-refractivity contribution in [3.8, 4) is 0 Å². The van der Waals surface area contributed by atoms with E-state index in [0.29, 0.717) is 28.4 Å². The summed E-state index contributed by atoms with van der Waals surface area (Å²) in [6, 6.07) is 23.4. The minimum Gasteiger partial charge on any atom is -0.478 e. The summed E-state index contributed by atoms with van der Waals surface area (Å²) in [5.41, 5.74) is 3.67. The Labute approximate surface area is 193 Å². The topological polar surface area (TPSA) is 68.0 Å². The SMILES string of the molecule is O=C(O)c1ccccc1CSc1nc2cc(Cl)cnc2n1Cc1cccc2ccccc12. The molecule has 0 aliphatic rings. The Bertz CT molecular complexity index is 1460. The Morgan fingerprint density at radius 1 is 1.00 bits per heavy atom. The zero-order valence-corrected chi connectivity index (χ0v) is 18.5. The van der Waals surface area contributed by atoms with Crippen molar-refractivity contribution < 1.29 is 9.90 Å². The van der Waals surface area contributed by atoms with Crippen LogP contribution in [-0.4, -0.2) is 25.6 Å². The van der Waals surface area contributed by atoms with Crippen molar-refractivity contribution in [1.82, 2.24) is 14.5 Å². The molecule has 5 rings (SSSR count). The normalized spacial score (nSPS) is 11.3. The number of nitrogens with zero attached hydrogens (tertiary/aromatic N) is 3. The van der Waals surface area contributed by atoms with E-state index in [4.69, 9.17) is 16.6 Å². The summed E-state index contributed by atoms with van der Waals surface area (Å²) >= 11 is 7.66. The Hall–Kier alpha value is -3.35. The molecule has 0 amide bonds. The maximum Gasteiger partial charge on any atom is 0.335 e. The predicted octanol–water partition coefficient (Wildman–Crippen LogP) is 6.28. The Kier molecular flexibility index (Phi) is 5.55. The lowest BCUT2D eigenvalue weighted by Gasteiger charge is -2.12. The Balaban J connectivity index is 1.56. The molecule has 0 fully saturated rings. The first-order valence-corrected chi connectivity index (χ1v) is 11.4. The minimum atomic E-state index is -0.932. The molecule has 32 heavy (non-hydrogen) atoms. The quantitative estimate of drug-likeness (QED) is 0.303. The third-order valence-corrected chi connectivity index (χ3v) is 6.56. The number of rotatable bonds is 6. The first-order chi connectivity index (χ1) is 15.6. The highest BCUT2D eigenvalue weighted by atomic mass is 35.5. The number of benzene rings is 3. The fourth-order valence-electron chi connectivity index (χ4n) is 3.82. The highest BCUT2D eigenvalue weighted by molar-refractivity contribution is 7.98. The van der Waals surface area contributed by atoms with E-state index in [-0.39, 0.29) is 0 Å². The van der Waals surface area contributed by atoms with Crippen LogP contribution in [0.15, 0.2) is 84.1 Å². The van der Waals surface area contributed by atoms with Crippen LogP contribution in [0.1, 0.15) is 21.5 Å². The standard InChI is InChI=1S/C25H18ClN3O2S/c26-19-12-22-23(27-13-19)29(14-17-9-5-8-16-6-1-3-10-20(16)17)25(28-22)32-15-18-7-2-4-11-21(18)24(30)31/h1-13H,14-15H2,(H,30,31). The number of aromatic nitrogens is 3. The number of imidazole rings is 1. The lowest BCUT2D eigenvalue weighted by Crippen LogP contribution is -2.04. The molecule has 0 aliphatic carbocycles. The summed E-state index contributed by atoms with van der Waals surface area (Å²) < 4.78 is 2.07. The van der Waals surface area contributed by atoms with Crippen LogP contribution < -0.4 is 0 Å². The van der Waals surface area contributed by atoms with Gasteiger partial charge < -0.3 is 5.11 Å². The Morgan fingerprint density at radius 2 is 1.75 bits per heavy atom. The summed E-state index contributed by atoms with van der Waals surface area (Å²) in [5, 5.41) is 13.2. The molecule has 7 heteroatoms. The zero-order chi connectivity index (χ0) is 22.1. The molecule has 1 N–H and O–H groups in total. The third kappa shape index (κ3) is 3.95. The number of aromatic carboxylic acids is 1. The second-order valence-electron chi connectivity index (χ2n) is 7.37. The molecule has 0 unspecified atom stereocenters. The maximum atomic E-state index is 11.6. The lowest BCUT2D eigenvalue weighted by atomic mass is 10.0. The monoisotopic (exact) mass is 459 g/mol. The van der Waals surface area contributed by atoms with E-state index in [9.17, 15) is 9.90 Å². The number of hydrogen-bond donors (Lipinski definition) is 1. The molecule has 5 nitrogen and oxygen atoms in total. The van der Waals surface area contributed by atoms with Crippen LogP contribution >= 0.6 is 23.4 Å². The van der Waals surface area contributed by atoms with Crippen molar-refractivity contribution in [3.63, 3.8) is 0 Å². The van der Waals surface area contributed by atoms with Crippen LogP contribution in [0, 0.1) is 0 Å². The number of fused-ring (bicyclic) bond motifs is 2. The number of halogens is 1. The van der Waals surface area contributed by atoms with Crippen molar-refractivity contribution in [2.75, 3.05) is 0 Å².